The summed E-state index contributed by atoms with van der Waals surface area (Å²) in [5.41, 5.74) is 1.41. The Morgan fingerprint density at radius 1 is 1.11 bits per heavy atom. The van der Waals surface area contributed by atoms with Crippen LogP contribution in [0.25, 0.3) is 0 Å². The van der Waals surface area contributed by atoms with Crippen LogP contribution in [0.4, 0.5) is 0 Å². The number of hydrogen-bond acceptors (Lipinski definition) is 4. The predicted octanol–water partition coefficient (Wildman–Crippen LogP) is 4.05. The summed E-state index contributed by atoms with van der Waals surface area (Å²) in [6.45, 7) is 3.85. The minimum atomic E-state index is -3.61. The number of rotatable bonds is 6. The van der Waals surface area contributed by atoms with E-state index in [1.54, 1.807) is 18.2 Å². The second-order valence-electron chi connectivity index (χ2n) is 7.94. The molecule has 0 spiro atoms. The van der Waals surface area contributed by atoms with Gasteiger partial charge < -0.3 is 10.2 Å². The lowest BCUT2D eigenvalue weighted by atomic mass is 9.69. The van der Waals surface area contributed by atoms with Crippen molar-refractivity contribution in [1.82, 2.24) is 0 Å². The van der Waals surface area contributed by atoms with Crippen LogP contribution in [0.5, 0.6) is 0 Å². The van der Waals surface area contributed by atoms with Gasteiger partial charge in [-0.3, -0.25) is 0 Å². The van der Waals surface area contributed by atoms with E-state index < -0.39 is 27.3 Å². The van der Waals surface area contributed by atoms with E-state index in [0.29, 0.717) is 24.0 Å². The molecule has 1 aliphatic heterocycles. The quantitative estimate of drug-likeness (QED) is 0.765. The van der Waals surface area contributed by atoms with E-state index in [4.69, 9.17) is 0 Å². The van der Waals surface area contributed by atoms with E-state index in [9.17, 15) is 18.6 Å². The van der Waals surface area contributed by atoms with Crippen molar-refractivity contribution in [2.45, 2.75) is 63.1 Å². The van der Waals surface area contributed by atoms with Gasteiger partial charge in [0.2, 0.25) is 0 Å². The lowest BCUT2D eigenvalue weighted by molar-refractivity contribution is 0.0174. The molecule has 2 N–H and O–H groups in total. The molecule has 5 heteroatoms. The van der Waals surface area contributed by atoms with Gasteiger partial charge in [-0.15, -0.1) is 0 Å². The van der Waals surface area contributed by atoms with Gasteiger partial charge in [0.1, 0.15) is 0 Å². The fourth-order valence-corrected chi connectivity index (χ4v) is 6.84. The zero-order chi connectivity index (χ0) is 20.4. The van der Waals surface area contributed by atoms with Crippen LogP contribution in [-0.2, 0) is 16.4 Å². The summed E-state index contributed by atoms with van der Waals surface area (Å²) in [6, 6.07) is 14.8. The average Bonchev–Trinajstić information content (AvgIpc) is 2.78. The molecular weight excluding hydrogens is 372 g/mol. The molecule has 0 unspecified atom stereocenters. The highest BCUT2D eigenvalue weighted by Crippen LogP contribution is 2.48. The number of sulfone groups is 1. The van der Waals surface area contributed by atoms with Gasteiger partial charge in [-0.25, -0.2) is 8.42 Å². The second kappa shape index (κ2) is 8.36. The molecule has 1 aliphatic rings. The molecule has 0 fully saturated rings. The summed E-state index contributed by atoms with van der Waals surface area (Å²) in [5.74, 6) is -0.485. The summed E-state index contributed by atoms with van der Waals surface area (Å²) in [6.07, 6.45) is 2.29. The molecule has 152 valence electrons. The molecule has 1 heterocycles. The number of aliphatic hydroxyl groups is 2. The Bertz CT molecular complexity index is 907. The summed E-state index contributed by atoms with van der Waals surface area (Å²) in [7, 11) is -3.61. The molecule has 2 aromatic carbocycles. The third kappa shape index (κ3) is 3.76. The first kappa shape index (κ1) is 21.0. The van der Waals surface area contributed by atoms with Gasteiger partial charge in [0, 0.05) is 11.3 Å². The minimum Gasteiger partial charge on any atom is -0.392 e. The molecule has 0 amide bonds. The first-order valence-electron chi connectivity index (χ1n) is 10.1. The highest BCUT2D eigenvalue weighted by Gasteiger charge is 2.48. The number of unbranched alkanes of at least 4 members (excludes halogenated alkanes) is 1. The lowest BCUT2D eigenvalue weighted by Crippen LogP contribution is -2.42. The Kier molecular flexibility index (Phi) is 6.28. The molecule has 0 bridgehead atoms. The standard InChI is InChI=1S/C23H30O4S/c1-3-5-13-23(4-2)16-28(26,27)20-14-17(15-24)11-12-19(20)21(22(23)25)18-9-7-6-8-10-18/h6-12,14,21-22,24-25H,3-5,13,15-16H2,1-2H3/t21-,22-,23-/m1/s1. The third-order valence-corrected chi connectivity index (χ3v) is 8.22. The number of fused-ring (bicyclic) bond motifs is 1. The molecule has 0 radical (unpaired) electrons. The van der Waals surface area contributed by atoms with Crippen LogP contribution in [0, 0.1) is 5.41 Å². The first-order valence-corrected chi connectivity index (χ1v) is 11.7. The van der Waals surface area contributed by atoms with Crippen molar-refractivity contribution < 1.29 is 18.6 Å². The molecule has 2 aromatic rings. The average molecular weight is 403 g/mol. The Morgan fingerprint density at radius 2 is 1.82 bits per heavy atom. The summed E-state index contributed by atoms with van der Waals surface area (Å²) >= 11 is 0. The molecule has 3 rings (SSSR count). The van der Waals surface area contributed by atoms with Crippen LogP contribution in [0.1, 0.15) is 62.1 Å². The van der Waals surface area contributed by atoms with Crippen LogP contribution < -0.4 is 0 Å². The van der Waals surface area contributed by atoms with Crippen molar-refractivity contribution in [2.75, 3.05) is 5.75 Å². The Hall–Kier alpha value is -1.69. The van der Waals surface area contributed by atoms with Gasteiger partial charge in [0.15, 0.2) is 9.84 Å². The highest BCUT2D eigenvalue weighted by atomic mass is 32.2. The van der Waals surface area contributed by atoms with Crippen molar-refractivity contribution in [3.8, 4) is 0 Å². The van der Waals surface area contributed by atoms with E-state index in [-0.39, 0.29) is 17.3 Å². The van der Waals surface area contributed by atoms with Gasteiger partial charge in [-0.1, -0.05) is 69.2 Å². The van der Waals surface area contributed by atoms with Gasteiger partial charge in [0.25, 0.3) is 0 Å². The van der Waals surface area contributed by atoms with Crippen molar-refractivity contribution in [2.24, 2.45) is 5.41 Å². The fraction of sp³-hybridized carbons (Fsp3) is 0.478. The molecule has 28 heavy (non-hydrogen) atoms. The van der Waals surface area contributed by atoms with E-state index in [1.165, 1.54) is 0 Å². The van der Waals surface area contributed by atoms with Gasteiger partial charge in [0.05, 0.1) is 23.4 Å². The van der Waals surface area contributed by atoms with E-state index >= 15 is 0 Å². The lowest BCUT2D eigenvalue weighted by Gasteiger charge is -2.39. The van der Waals surface area contributed by atoms with Crippen molar-refractivity contribution >= 4 is 9.84 Å². The number of aliphatic hydroxyl groups excluding tert-OH is 2. The maximum atomic E-state index is 13.4. The molecule has 0 aromatic heterocycles. The van der Waals surface area contributed by atoms with Crippen molar-refractivity contribution in [3.63, 3.8) is 0 Å². The minimum absolute atomic E-state index is 0.0666. The predicted molar refractivity (Wildman–Crippen MR) is 111 cm³/mol. The van der Waals surface area contributed by atoms with Crippen LogP contribution in [0.3, 0.4) is 0 Å². The number of benzene rings is 2. The Labute approximate surface area is 168 Å². The van der Waals surface area contributed by atoms with Crippen LogP contribution in [0.2, 0.25) is 0 Å². The van der Waals surface area contributed by atoms with Crippen molar-refractivity contribution in [3.05, 3.63) is 65.2 Å². The van der Waals surface area contributed by atoms with Crippen LogP contribution in [0.15, 0.2) is 53.4 Å². The maximum Gasteiger partial charge on any atom is 0.179 e. The van der Waals surface area contributed by atoms with E-state index in [2.05, 4.69) is 6.92 Å². The van der Waals surface area contributed by atoms with Gasteiger partial charge in [-0.2, -0.15) is 0 Å². The van der Waals surface area contributed by atoms with Crippen molar-refractivity contribution in [1.29, 1.82) is 0 Å². The van der Waals surface area contributed by atoms with E-state index in [0.717, 1.165) is 18.4 Å². The molecule has 0 aliphatic carbocycles. The van der Waals surface area contributed by atoms with Crippen LogP contribution in [-0.4, -0.2) is 30.5 Å². The Morgan fingerprint density at radius 3 is 2.43 bits per heavy atom. The Balaban J connectivity index is 2.28. The zero-order valence-electron chi connectivity index (χ0n) is 16.6. The molecule has 0 saturated heterocycles. The number of hydrogen-bond donors (Lipinski definition) is 2. The van der Waals surface area contributed by atoms with Crippen LogP contribution >= 0.6 is 0 Å². The first-order chi connectivity index (χ1) is 13.4. The van der Waals surface area contributed by atoms with Gasteiger partial charge in [-0.05, 0) is 35.6 Å². The summed E-state index contributed by atoms with van der Waals surface area (Å²) in [5, 5.41) is 21.2. The normalized spacial score (nSPS) is 26.4. The monoisotopic (exact) mass is 402 g/mol. The summed E-state index contributed by atoms with van der Waals surface area (Å²) in [4.78, 5) is 0.249. The molecule has 3 atom stereocenters. The zero-order valence-corrected chi connectivity index (χ0v) is 17.5. The van der Waals surface area contributed by atoms with E-state index in [1.807, 2.05) is 37.3 Å². The molecular formula is C23H30O4S. The third-order valence-electron chi connectivity index (χ3n) is 6.24. The highest BCUT2D eigenvalue weighted by molar-refractivity contribution is 7.91. The summed E-state index contributed by atoms with van der Waals surface area (Å²) < 4.78 is 26.9. The largest absolute Gasteiger partial charge is 0.392 e. The smallest absolute Gasteiger partial charge is 0.179 e. The fourth-order valence-electron chi connectivity index (χ4n) is 4.53. The van der Waals surface area contributed by atoms with Gasteiger partial charge >= 0.3 is 0 Å². The topological polar surface area (TPSA) is 74.6 Å². The molecule has 0 saturated carbocycles. The SMILES string of the molecule is CCCC[C@]1(CC)CS(=O)(=O)c2cc(CO)ccc2[C@@H](c2ccccc2)[C@H]1O. The second-order valence-corrected chi connectivity index (χ2v) is 9.90. The maximum absolute atomic E-state index is 13.4. The molecule has 4 nitrogen and oxygen atoms in total.